The Kier molecular flexibility index (Phi) is 5.61. The Bertz CT molecular complexity index is 141. The number of likely N-dealkylation sites (tertiary alicyclic amines) is 1. The summed E-state index contributed by atoms with van der Waals surface area (Å²) < 4.78 is 0. The van der Waals surface area contributed by atoms with E-state index in [1.54, 1.807) is 0 Å². The van der Waals surface area contributed by atoms with Gasteiger partial charge < -0.3 is 10.2 Å². The zero-order chi connectivity index (χ0) is 7.73. The van der Waals surface area contributed by atoms with Crippen molar-refractivity contribution in [2.45, 2.75) is 19.3 Å². The first-order valence-corrected chi connectivity index (χ1v) is 4.70. The fraction of sp³-hybridized carbons (Fsp3) is 1.00. The molecule has 1 N–H and O–H groups in total. The minimum atomic E-state index is 0. The quantitative estimate of drug-likeness (QED) is 0.675. The number of nitrogens with one attached hydrogen (secondary N) is 1. The molecule has 13 heavy (non-hydrogen) atoms. The summed E-state index contributed by atoms with van der Waals surface area (Å²) in [6.45, 7) is 5.13. The molecule has 1 unspecified atom stereocenters. The van der Waals surface area contributed by atoms with E-state index in [0.29, 0.717) is 5.41 Å². The summed E-state index contributed by atoms with van der Waals surface area (Å²) >= 11 is 0. The maximum Gasteiger partial charge on any atom is 0.00476 e. The highest BCUT2D eigenvalue weighted by Gasteiger charge is 2.37. The zero-order valence-corrected chi connectivity index (χ0v) is 9.85. The van der Waals surface area contributed by atoms with Crippen molar-refractivity contribution in [2.24, 2.45) is 5.41 Å². The van der Waals surface area contributed by atoms with Gasteiger partial charge in [0.25, 0.3) is 0 Å². The average molecular weight is 227 g/mol. The Labute approximate surface area is 93.3 Å². The van der Waals surface area contributed by atoms with Crippen LogP contribution in [0.15, 0.2) is 0 Å². The topological polar surface area (TPSA) is 15.3 Å². The standard InChI is InChI=1S/C9H18N2.2ClH/c1-11-6-4-9(8-11)3-2-5-10-7-9;;/h10H,2-8H2,1H3;2*1H. The molecule has 0 amide bonds. The van der Waals surface area contributed by atoms with Gasteiger partial charge in [-0.3, -0.25) is 0 Å². The first kappa shape index (κ1) is 13.5. The van der Waals surface area contributed by atoms with Gasteiger partial charge in [0.05, 0.1) is 0 Å². The molecule has 1 atom stereocenters. The van der Waals surface area contributed by atoms with E-state index in [2.05, 4.69) is 17.3 Å². The first-order valence-electron chi connectivity index (χ1n) is 4.70. The molecule has 0 bridgehead atoms. The van der Waals surface area contributed by atoms with Crippen molar-refractivity contribution in [2.75, 3.05) is 33.2 Å². The van der Waals surface area contributed by atoms with Gasteiger partial charge in [-0.15, -0.1) is 24.8 Å². The monoisotopic (exact) mass is 226 g/mol. The van der Waals surface area contributed by atoms with E-state index in [-0.39, 0.29) is 24.8 Å². The van der Waals surface area contributed by atoms with Gasteiger partial charge in [-0.1, -0.05) is 0 Å². The second-order valence-electron chi connectivity index (χ2n) is 4.27. The molecule has 0 aromatic rings. The van der Waals surface area contributed by atoms with Gasteiger partial charge in [0.1, 0.15) is 0 Å². The molecule has 2 saturated heterocycles. The van der Waals surface area contributed by atoms with Crippen molar-refractivity contribution in [1.82, 2.24) is 10.2 Å². The van der Waals surface area contributed by atoms with Crippen LogP contribution in [-0.4, -0.2) is 38.1 Å². The fourth-order valence-corrected chi connectivity index (χ4v) is 2.54. The molecule has 4 heteroatoms. The van der Waals surface area contributed by atoms with Crippen LogP contribution >= 0.6 is 24.8 Å². The highest BCUT2D eigenvalue weighted by molar-refractivity contribution is 5.85. The minimum Gasteiger partial charge on any atom is -0.316 e. The average Bonchev–Trinajstić information content (AvgIpc) is 2.34. The summed E-state index contributed by atoms with van der Waals surface area (Å²) in [5.74, 6) is 0. The van der Waals surface area contributed by atoms with Crippen LogP contribution in [0, 0.1) is 5.41 Å². The van der Waals surface area contributed by atoms with Crippen LogP contribution in [0.1, 0.15) is 19.3 Å². The maximum absolute atomic E-state index is 3.51. The van der Waals surface area contributed by atoms with Crippen LogP contribution in [0.5, 0.6) is 0 Å². The van der Waals surface area contributed by atoms with Crippen molar-refractivity contribution in [1.29, 1.82) is 0 Å². The molecular weight excluding hydrogens is 207 g/mol. The Morgan fingerprint density at radius 2 is 2.00 bits per heavy atom. The van der Waals surface area contributed by atoms with Crippen LogP contribution < -0.4 is 5.32 Å². The number of nitrogens with zero attached hydrogens (tertiary/aromatic N) is 1. The van der Waals surface area contributed by atoms with Gasteiger partial charge in [-0.2, -0.15) is 0 Å². The Morgan fingerprint density at radius 3 is 2.46 bits per heavy atom. The van der Waals surface area contributed by atoms with E-state index in [9.17, 15) is 0 Å². The predicted molar refractivity (Wildman–Crippen MR) is 61.1 cm³/mol. The van der Waals surface area contributed by atoms with E-state index in [4.69, 9.17) is 0 Å². The van der Waals surface area contributed by atoms with Crippen LogP contribution in [0.3, 0.4) is 0 Å². The van der Waals surface area contributed by atoms with E-state index in [1.165, 1.54) is 45.4 Å². The molecule has 0 saturated carbocycles. The molecule has 0 aromatic heterocycles. The van der Waals surface area contributed by atoms with Crippen molar-refractivity contribution >= 4 is 24.8 Å². The smallest absolute Gasteiger partial charge is 0.00476 e. The normalized spacial score (nSPS) is 33.9. The SMILES string of the molecule is CN1CCC2(CCCNC2)C1.Cl.Cl. The molecule has 2 aliphatic rings. The fourth-order valence-electron chi connectivity index (χ4n) is 2.54. The van der Waals surface area contributed by atoms with E-state index >= 15 is 0 Å². The Morgan fingerprint density at radius 1 is 1.23 bits per heavy atom. The summed E-state index contributed by atoms with van der Waals surface area (Å²) in [6.07, 6.45) is 4.24. The largest absolute Gasteiger partial charge is 0.316 e. The van der Waals surface area contributed by atoms with Crippen molar-refractivity contribution in [3.8, 4) is 0 Å². The van der Waals surface area contributed by atoms with Crippen LogP contribution in [0.4, 0.5) is 0 Å². The predicted octanol–water partition coefficient (Wildman–Crippen LogP) is 1.54. The van der Waals surface area contributed by atoms with Gasteiger partial charge in [-0.05, 0) is 44.8 Å². The number of piperidine rings is 1. The zero-order valence-electron chi connectivity index (χ0n) is 8.21. The third-order valence-corrected chi connectivity index (χ3v) is 3.19. The lowest BCUT2D eigenvalue weighted by Crippen LogP contribution is -2.41. The van der Waals surface area contributed by atoms with E-state index < -0.39 is 0 Å². The summed E-state index contributed by atoms with van der Waals surface area (Å²) in [5, 5.41) is 3.51. The molecule has 0 radical (unpaired) electrons. The summed E-state index contributed by atoms with van der Waals surface area (Å²) in [6, 6.07) is 0. The summed E-state index contributed by atoms with van der Waals surface area (Å²) in [7, 11) is 2.24. The van der Waals surface area contributed by atoms with Crippen molar-refractivity contribution < 1.29 is 0 Å². The van der Waals surface area contributed by atoms with Gasteiger partial charge in [0.15, 0.2) is 0 Å². The molecule has 2 rings (SSSR count). The molecule has 2 nitrogen and oxygen atoms in total. The second kappa shape index (κ2) is 5.40. The molecule has 0 aliphatic carbocycles. The molecular formula is C9H20Cl2N2. The molecule has 2 fully saturated rings. The number of rotatable bonds is 0. The molecule has 1 spiro atoms. The van der Waals surface area contributed by atoms with Gasteiger partial charge in [0.2, 0.25) is 0 Å². The van der Waals surface area contributed by atoms with Crippen molar-refractivity contribution in [3.63, 3.8) is 0 Å². The maximum atomic E-state index is 3.51. The van der Waals surface area contributed by atoms with E-state index in [0.717, 1.165) is 0 Å². The third-order valence-electron chi connectivity index (χ3n) is 3.19. The van der Waals surface area contributed by atoms with Crippen LogP contribution in [-0.2, 0) is 0 Å². The molecule has 2 heterocycles. The van der Waals surface area contributed by atoms with Gasteiger partial charge in [-0.25, -0.2) is 0 Å². The Balaban J connectivity index is 0.000000720. The second-order valence-corrected chi connectivity index (χ2v) is 4.27. The third kappa shape index (κ3) is 2.98. The lowest BCUT2D eigenvalue weighted by atomic mass is 9.80. The summed E-state index contributed by atoms with van der Waals surface area (Å²) in [5.41, 5.74) is 0.660. The van der Waals surface area contributed by atoms with Crippen LogP contribution in [0.25, 0.3) is 0 Å². The van der Waals surface area contributed by atoms with E-state index in [1.807, 2.05) is 0 Å². The highest BCUT2D eigenvalue weighted by Crippen LogP contribution is 2.35. The lowest BCUT2D eigenvalue weighted by molar-refractivity contribution is 0.213. The molecule has 2 aliphatic heterocycles. The number of hydrogen-bond donors (Lipinski definition) is 1. The molecule has 80 valence electrons. The number of halogens is 2. The minimum absolute atomic E-state index is 0. The number of hydrogen-bond acceptors (Lipinski definition) is 2. The molecule has 0 aromatic carbocycles. The lowest BCUT2D eigenvalue weighted by Gasteiger charge is -2.33. The first-order chi connectivity index (χ1) is 5.31. The highest BCUT2D eigenvalue weighted by atomic mass is 35.5. The van der Waals surface area contributed by atoms with Crippen molar-refractivity contribution in [3.05, 3.63) is 0 Å². The Hall–Kier alpha value is 0.500. The van der Waals surface area contributed by atoms with Gasteiger partial charge in [0, 0.05) is 13.1 Å². The summed E-state index contributed by atoms with van der Waals surface area (Å²) in [4.78, 5) is 2.47. The van der Waals surface area contributed by atoms with Crippen LogP contribution in [0.2, 0.25) is 0 Å². The van der Waals surface area contributed by atoms with Gasteiger partial charge >= 0.3 is 0 Å².